The van der Waals surface area contributed by atoms with Gasteiger partial charge in [-0.1, -0.05) is 11.8 Å². The fourth-order valence-electron chi connectivity index (χ4n) is 3.14. The van der Waals surface area contributed by atoms with E-state index in [4.69, 9.17) is 0 Å². The summed E-state index contributed by atoms with van der Waals surface area (Å²) in [6.45, 7) is 2.44. The van der Waals surface area contributed by atoms with Gasteiger partial charge in [0.2, 0.25) is 5.69 Å². The number of thioether (sulfide) groups is 1. The number of anilines is 1. The van der Waals surface area contributed by atoms with Crippen molar-refractivity contribution in [3.63, 3.8) is 0 Å². The molecule has 0 saturated heterocycles. The van der Waals surface area contributed by atoms with Crippen LogP contribution in [0, 0.1) is 11.6 Å². The maximum Gasteiger partial charge on any atom is 0.271 e. The van der Waals surface area contributed by atoms with Crippen LogP contribution < -0.4 is 24.2 Å². The molecule has 3 heterocycles. The number of pyridine rings is 1. The highest BCUT2D eigenvalue weighted by Crippen LogP contribution is 2.47. The van der Waals surface area contributed by atoms with Crippen LogP contribution in [0.3, 0.4) is 0 Å². The second kappa shape index (κ2) is 7.18. The molecule has 1 aromatic carbocycles. The van der Waals surface area contributed by atoms with Crippen LogP contribution in [0.1, 0.15) is 12.6 Å². The number of hydrogen-bond acceptors (Lipinski definition) is 4. The third-order valence-corrected chi connectivity index (χ3v) is 7.20. The minimum Gasteiger partial charge on any atom is -0.337 e. The van der Waals surface area contributed by atoms with E-state index in [1.165, 1.54) is 17.4 Å². The number of halogens is 2. The van der Waals surface area contributed by atoms with Crippen molar-refractivity contribution in [3.05, 3.63) is 73.4 Å². The predicted molar refractivity (Wildman–Crippen MR) is 109 cm³/mol. The molecule has 3 aromatic rings. The summed E-state index contributed by atoms with van der Waals surface area (Å²) in [5.74, 6) is -1.76. The Morgan fingerprint density at radius 1 is 1.21 bits per heavy atom. The number of nitrogens with zero attached hydrogens (tertiary/aromatic N) is 3. The first kappa shape index (κ1) is 18.9. The number of benzene rings is 1. The lowest BCUT2D eigenvalue weighted by Crippen LogP contribution is -2.34. The molecule has 0 spiro atoms. The lowest BCUT2D eigenvalue weighted by Gasteiger charge is -2.12. The highest BCUT2D eigenvalue weighted by atomic mass is 32.2. The lowest BCUT2D eigenvalue weighted by molar-refractivity contribution is -0.673. The van der Waals surface area contributed by atoms with Crippen LogP contribution in [0.25, 0.3) is 11.1 Å². The zero-order valence-electron chi connectivity index (χ0n) is 15.6. The van der Waals surface area contributed by atoms with Crippen molar-refractivity contribution in [1.29, 1.82) is 0 Å². The lowest BCUT2D eigenvalue weighted by atomic mass is 10.3. The molecule has 0 unspecified atom stereocenters. The molecule has 8 heteroatoms. The molecule has 0 aliphatic carbocycles. The molecule has 144 valence electrons. The fourth-order valence-corrected chi connectivity index (χ4v) is 5.63. The quantitative estimate of drug-likeness (QED) is 0.598. The van der Waals surface area contributed by atoms with E-state index >= 15 is 0 Å². The van der Waals surface area contributed by atoms with Crippen LogP contribution >= 0.6 is 23.1 Å². The third-order valence-electron chi connectivity index (χ3n) is 4.68. The molecule has 0 saturated carbocycles. The van der Waals surface area contributed by atoms with Gasteiger partial charge in [-0.25, -0.2) is 13.3 Å². The molecule has 0 atom stereocenters. The number of aryl methyl sites for hydroxylation is 1. The van der Waals surface area contributed by atoms with Gasteiger partial charge in [0.15, 0.2) is 17.8 Å². The molecule has 1 aliphatic rings. The Bertz CT molecular complexity index is 1260. The Hall–Kier alpha value is -2.45. The largest absolute Gasteiger partial charge is 0.337 e. The van der Waals surface area contributed by atoms with Gasteiger partial charge in [-0.15, -0.1) is 11.3 Å². The Kier molecular flexibility index (Phi) is 4.84. The summed E-state index contributed by atoms with van der Waals surface area (Å²) in [6.07, 6.45) is 3.91. The maximum atomic E-state index is 14.2. The number of aromatic nitrogens is 2. The van der Waals surface area contributed by atoms with Gasteiger partial charge in [0.25, 0.3) is 5.56 Å². The molecule has 1 aliphatic heterocycles. The van der Waals surface area contributed by atoms with Gasteiger partial charge in [0.1, 0.15) is 21.3 Å². The molecule has 4 rings (SSSR count). The summed E-state index contributed by atoms with van der Waals surface area (Å²) in [7, 11) is 3.71. The van der Waals surface area contributed by atoms with Crippen LogP contribution in [0.4, 0.5) is 14.5 Å². The summed E-state index contributed by atoms with van der Waals surface area (Å²) in [4.78, 5) is 15.0. The minimum atomic E-state index is -0.886. The first-order valence-electron chi connectivity index (χ1n) is 8.72. The van der Waals surface area contributed by atoms with Crippen molar-refractivity contribution in [3.8, 4) is 0 Å². The Labute approximate surface area is 168 Å². The Balaban J connectivity index is 1.96. The topological polar surface area (TPSA) is 29.1 Å². The van der Waals surface area contributed by atoms with Crippen LogP contribution in [-0.4, -0.2) is 11.6 Å². The van der Waals surface area contributed by atoms with Crippen LogP contribution in [0.2, 0.25) is 0 Å². The number of thiazole rings is 1. The molecular formula is C20H18F2N3OS2+. The van der Waals surface area contributed by atoms with Crippen molar-refractivity contribution in [2.24, 2.45) is 7.05 Å². The van der Waals surface area contributed by atoms with Crippen LogP contribution in [-0.2, 0) is 13.6 Å². The van der Waals surface area contributed by atoms with Crippen molar-refractivity contribution < 1.29 is 13.3 Å². The highest BCUT2D eigenvalue weighted by Gasteiger charge is 2.29. The summed E-state index contributed by atoms with van der Waals surface area (Å²) in [5, 5.41) is 0.619. The molecule has 28 heavy (non-hydrogen) atoms. The van der Waals surface area contributed by atoms with Gasteiger partial charge in [0.05, 0.1) is 10.6 Å². The minimum absolute atomic E-state index is 0.125. The van der Waals surface area contributed by atoms with Gasteiger partial charge in [-0.2, -0.15) is 0 Å². The SMILES string of the molecule is CCn1c(=O)/c(=C2\Sc3c(ccc(F)c3F)N2C)s/c1=C\c1cccc[n+]1C. The second-order valence-electron chi connectivity index (χ2n) is 6.38. The van der Waals surface area contributed by atoms with E-state index in [0.717, 1.165) is 28.2 Å². The van der Waals surface area contributed by atoms with E-state index in [1.807, 2.05) is 49.0 Å². The van der Waals surface area contributed by atoms with E-state index in [-0.39, 0.29) is 10.5 Å². The van der Waals surface area contributed by atoms with Gasteiger partial charge < -0.3 is 4.90 Å². The van der Waals surface area contributed by atoms with Crippen molar-refractivity contribution in [1.82, 2.24) is 4.57 Å². The van der Waals surface area contributed by atoms with Gasteiger partial charge >= 0.3 is 0 Å². The van der Waals surface area contributed by atoms with Crippen LogP contribution in [0.5, 0.6) is 0 Å². The molecule has 0 amide bonds. The molecule has 4 nitrogen and oxygen atoms in total. The standard InChI is InChI=1S/C20H18F2N3OS2/c1-4-25-15(11-12-7-5-6-10-23(12)2)27-18(19(25)26)20-24(3)14-9-8-13(21)16(22)17(14)28-20/h5-11H,4H2,1-3H3/q+1/b20-18+. The summed E-state index contributed by atoms with van der Waals surface area (Å²) in [5.41, 5.74) is 1.40. The Morgan fingerprint density at radius 2 is 2.00 bits per heavy atom. The summed E-state index contributed by atoms with van der Waals surface area (Å²) in [6, 6.07) is 8.51. The van der Waals surface area contributed by atoms with Crippen LogP contribution in [0.15, 0.2) is 46.2 Å². The second-order valence-corrected chi connectivity index (χ2v) is 8.41. The fraction of sp³-hybridized carbons (Fsp3) is 0.200. The monoisotopic (exact) mass is 418 g/mol. The van der Waals surface area contributed by atoms with Gasteiger partial charge in [0, 0.05) is 31.8 Å². The molecule has 0 N–H and O–H groups in total. The van der Waals surface area contributed by atoms with Crippen molar-refractivity contribution in [2.45, 2.75) is 18.4 Å². The van der Waals surface area contributed by atoms with E-state index in [1.54, 1.807) is 16.5 Å². The first-order chi connectivity index (χ1) is 13.4. The predicted octanol–water partition coefficient (Wildman–Crippen LogP) is 2.17. The molecule has 0 fully saturated rings. The van der Waals surface area contributed by atoms with E-state index in [2.05, 4.69) is 0 Å². The zero-order chi connectivity index (χ0) is 20.0. The van der Waals surface area contributed by atoms with E-state index in [0.29, 0.717) is 21.8 Å². The third kappa shape index (κ3) is 2.97. The summed E-state index contributed by atoms with van der Waals surface area (Å²) >= 11 is 2.46. The normalized spacial score (nSPS) is 16.0. The van der Waals surface area contributed by atoms with E-state index in [9.17, 15) is 13.6 Å². The van der Waals surface area contributed by atoms with Crippen molar-refractivity contribution >= 4 is 39.9 Å². The number of hydrogen-bond donors (Lipinski definition) is 0. The van der Waals surface area contributed by atoms with Crippen molar-refractivity contribution in [2.75, 3.05) is 11.9 Å². The average Bonchev–Trinajstić information content (AvgIpc) is 3.17. The highest BCUT2D eigenvalue weighted by molar-refractivity contribution is 8.08. The molecule has 0 radical (unpaired) electrons. The molecular weight excluding hydrogens is 400 g/mol. The average molecular weight is 419 g/mol. The number of fused-ring (bicyclic) bond motifs is 1. The smallest absolute Gasteiger partial charge is 0.271 e. The molecule has 0 bridgehead atoms. The number of rotatable bonds is 2. The maximum absolute atomic E-state index is 14.2. The first-order valence-corrected chi connectivity index (χ1v) is 10.4. The Morgan fingerprint density at radius 3 is 2.71 bits per heavy atom. The zero-order valence-corrected chi connectivity index (χ0v) is 17.2. The van der Waals surface area contributed by atoms with Gasteiger partial charge in [-0.05, 0) is 25.1 Å². The summed E-state index contributed by atoms with van der Waals surface area (Å²) < 4.78 is 32.9. The van der Waals surface area contributed by atoms with Gasteiger partial charge in [-0.3, -0.25) is 9.36 Å². The molecule has 2 aromatic heterocycles. The van der Waals surface area contributed by atoms with E-state index < -0.39 is 11.6 Å².